The van der Waals surface area contributed by atoms with Gasteiger partial charge in [-0.15, -0.1) is 0 Å². The number of hydrogen-bond acceptors (Lipinski definition) is 3. The molecule has 0 heterocycles. The van der Waals surface area contributed by atoms with Gasteiger partial charge in [-0.2, -0.15) is 0 Å². The van der Waals surface area contributed by atoms with Gasteiger partial charge in [0, 0.05) is 16.6 Å². The Kier molecular flexibility index (Phi) is 5.62. The number of carbonyl (C=O) groups is 1. The first kappa shape index (κ1) is 15.8. The third-order valence-electron chi connectivity index (χ3n) is 3.01. The van der Waals surface area contributed by atoms with Gasteiger partial charge in [0.1, 0.15) is 6.04 Å². The lowest BCUT2D eigenvalue weighted by Crippen LogP contribution is -2.29. The maximum atomic E-state index is 12.0. The molecule has 1 unspecified atom stereocenters. The molecule has 0 radical (unpaired) electrons. The van der Waals surface area contributed by atoms with E-state index < -0.39 is 6.04 Å². The van der Waals surface area contributed by atoms with E-state index in [1.165, 1.54) is 7.11 Å². The van der Waals surface area contributed by atoms with Crippen LogP contribution in [0.3, 0.4) is 0 Å². The minimum Gasteiger partial charge on any atom is -0.468 e. The highest BCUT2D eigenvalue weighted by Crippen LogP contribution is 2.24. The van der Waals surface area contributed by atoms with E-state index in [0.717, 1.165) is 5.56 Å². The fraction of sp³-hybridized carbons (Fsp3) is 0.188. The summed E-state index contributed by atoms with van der Waals surface area (Å²) in [6.07, 6.45) is 0. The maximum Gasteiger partial charge on any atom is 0.327 e. The van der Waals surface area contributed by atoms with Crippen LogP contribution in [0.15, 0.2) is 48.5 Å². The number of ether oxygens (including phenoxy) is 1. The van der Waals surface area contributed by atoms with Crippen molar-refractivity contribution in [3.05, 3.63) is 69.7 Å². The Labute approximate surface area is 133 Å². The minimum atomic E-state index is -0.619. The summed E-state index contributed by atoms with van der Waals surface area (Å²) in [5.41, 5.74) is 1.75. The molecule has 2 rings (SSSR count). The first-order chi connectivity index (χ1) is 10.1. The molecule has 1 atom stereocenters. The summed E-state index contributed by atoms with van der Waals surface area (Å²) >= 11 is 12.0. The van der Waals surface area contributed by atoms with Crippen LogP contribution in [0.5, 0.6) is 0 Å². The Hall–Kier alpha value is -1.55. The quantitative estimate of drug-likeness (QED) is 0.845. The SMILES string of the molecule is COC(=O)C(NCc1ccccc1)c1cc(Cl)cc(Cl)c1. The standard InChI is InChI=1S/C16H15Cl2NO2/c1-21-16(20)15(12-7-13(17)9-14(18)8-12)19-10-11-5-3-2-4-6-11/h2-9,15,19H,10H2,1H3. The van der Waals surface area contributed by atoms with Gasteiger partial charge in [-0.05, 0) is 29.3 Å². The number of hydrogen-bond donors (Lipinski definition) is 1. The molecule has 0 aromatic heterocycles. The molecule has 0 saturated carbocycles. The summed E-state index contributed by atoms with van der Waals surface area (Å²) in [7, 11) is 1.35. The lowest BCUT2D eigenvalue weighted by Gasteiger charge is -2.17. The molecule has 1 N–H and O–H groups in total. The largest absolute Gasteiger partial charge is 0.468 e. The number of methoxy groups -OCH3 is 1. The van der Waals surface area contributed by atoms with Crippen LogP contribution in [0.1, 0.15) is 17.2 Å². The van der Waals surface area contributed by atoms with Gasteiger partial charge in [-0.3, -0.25) is 5.32 Å². The summed E-state index contributed by atoms with van der Waals surface area (Å²) in [6.45, 7) is 0.532. The fourth-order valence-corrected chi connectivity index (χ4v) is 2.56. The second kappa shape index (κ2) is 7.46. The van der Waals surface area contributed by atoms with Crippen LogP contribution >= 0.6 is 23.2 Å². The zero-order valence-corrected chi connectivity index (χ0v) is 13.0. The normalized spacial score (nSPS) is 12.0. The monoisotopic (exact) mass is 323 g/mol. The van der Waals surface area contributed by atoms with Gasteiger partial charge in [0.2, 0.25) is 0 Å². The van der Waals surface area contributed by atoms with Crippen molar-refractivity contribution < 1.29 is 9.53 Å². The first-order valence-electron chi connectivity index (χ1n) is 6.41. The van der Waals surface area contributed by atoms with Crippen LogP contribution < -0.4 is 5.32 Å². The lowest BCUT2D eigenvalue weighted by molar-refractivity contribution is -0.143. The second-order valence-electron chi connectivity index (χ2n) is 4.53. The number of esters is 1. The topological polar surface area (TPSA) is 38.3 Å². The highest BCUT2D eigenvalue weighted by Gasteiger charge is 2.21. The molecule has 0 aliphatic heterocycles. The Balaban J connectivity index is 2.20. The number of benzene rings is 2. The van der Waals surface area contributed by atoms with Gasteiger partial charge in [-0.25, -0.2) is 4.79 Å². The molecule has 2 aromatic rings. The van der Waals surface area contributed by atoms with Crippen LogP contribution in [0.4, 0.5) is 0 Å². The van der Waals surface area contributed by atoms with Gasteiger partial charge in [-0.1, -0.05) is 53.5 Å². The van der Waals surface area contributed by atoms with E-state index in [1.54, 1.807) is 18.2 Å². The smallest absolute Gasteiger partial charge is 0.327 e. The van der Waals surface area contributed by atoms with E-state index in [9.17, 15) is 4.79 Å². The summed E-state index contributed by atoms with van der Waals surface area (Å²) in [5, 5.41) is 4.12. The summed E-state index contributed by atoms with van der Waals surface area (Å²) in [6, 6.07) is 14.2. The van der Waals surface area contributed by atoms with Crippen LogP contribution in [0.2, 0.25) is 10.0 Å². The van der Waals surface area contributed by atoms with E-state index >= 15 is 0 Å². The first-order valence-corrected chi connectivity index (χ1v) is 7.17. The molecule has 0 aliphatic carbocycles. The molecule has 0 bridgehead atoms. The van der Waals surface area contributed by atoms with Crippen LogP contribution in [-0.4, -0.2) is 13.1 Å². The Morgan fingerprint density at radius 3 is 2.33 bits per heavy atom. The average Bonchev–Trinajstić information content (AvgIpc) is 2.47. The predicted octanol–water partition coefficient (Wildman–Crippen LogP) is 4.00. The van der Waals surface area contributed by atoms with E-state index in [0.29, 0.717) is 22.2 Å². The third-order valence-corrected chi connectivity index (χ3v) is 3.44. The van der Waals surface area contributed by atoms with Gasteiger partial charge >= 0.3 is 5.97 Å². The van der Waals surface area contributed by atoms with Crippen molar-refractivity contribution in [2.24, 2.45) is 0 Å². The van der Waals surface area contributed by atoms with Crippen molar-refractivity contribution in [1.29, 1.82) is 0 Å². The number of carbonyl (C=O) groups excluding carboxylic acids is 1. The van der Waals surface area contributed by atoms with Gasteiger partial charge < -0.3 is 4.74 Å². The minimum absolute atomic E-state index is 0.385. The van der Waals surface area contributed by atoms with Crippen molar-refractivity contribution in [2.45, 2.75) is 12.6 Å². The van der Waals surface area contributed by atoms with Gasteiger partial charge in [0.05, 0.1) is 7.11 Å². The predicted molar refractivity (Wildman–Crippen MR) is 84.5 cm³/mol. The number of rotatable bonds is 5. The van der Waals surface area contributed by atoms with Crippen molar-refractivity contribution in [3.63, 3.8) is 0 Å². The summed E-state index contributed by atoms with van der Waals surface area (Å²) in [4.78, 5) is 12.0. The molecule has 110 valence electrons. The van der Waals surface area contributed by atoms with Crippen molar-refractivity contribution >= 4 is 29.2 Å². The molecule has 21 heavy (non-hydrogen) atoms. The molecule has 0 fully saturated rings. The van der Waals surface area contributed by atoms with Crippen molar-refractivity contribution in [2.75, 3.05) is 7.11 Å². The van der Waals surface area contributed by atoms with Gasteiger partial charge in [0.25, 0.3) is 0 Å². The maximum absolute atomic E-state index is 12.0. The van der Waals surface area contributed by atoms with Crippen LogP contribution in [0.25, 0.3) is 0 Å². The Morgan fingerprint density at radius 2 is 1.76 bits per heavy atom. The highest BCUT2D eigenvalue weighted by atomic mass is 35.5. The van der Waals surface area contributed by atoms with E-state index in [-0.39, 0.29) is 5.97 Å². The molecule has 2 aromatic carbocycles. The molecule has 3 nitrogen and oxygen atoms in total. The average molecular weight is 324 g/mol. The van der Waals surface area contributed by atoms with E-state index in [4.69, 9.17) is 27.9 Å². The van der Waals surface area contributed by atoms with Crippen molar-refractivity contribution in [3.8, 4) is 0 Å². The summed E-state index contributed by atoms with van der Waals surface area (Å²) < 4.78 is 4.85. The molecular weight excluding hydrogens is 309 g/mol. The number of halogens is 2. The zero-order valence-electron chi connectivity index (χ0n) is 11.5. The second-order valence-corrected chi connectivity index (χ2v) is 5.40. The van der Waals surface area contributed by atoms with Crippen LogP contribution in [-0.2, 0) is 16.1 Å². The molecule has 0 spiro atoms. The summed E-state index contributed by atoms with van der Waals surface area (Å²) in [5.74, 6) is -0.385. The molecule has 5 heteroatoms. The molecule has 0 amide bonds. The molecule has 0 saturated heterocycles. The van der Waals surface area contributed by atoms with E-state index in [1.807, 2.05) is 30.3 Å². The van der Waals surface area contributed by atoms with E-state index in [2.05, 4.69) is 5.32 Å². The van der Waals surface area contributed by atoms with Gasteiger partial charge in [0.15, 0.2) is 0 Å². The van der Waals surface area contributed by atoms with Crippen LogP contribution in [0, 0.1) is 0 Å². The Bertz CT molecular complexity index is 597. The zero-order chi connectivity index (χ0) is 15.2. The third kappa shape index (κ3) is 4.46. The lowest BCUT2D eigenvalue weighted by atomic mass is 10.1. The van der Waals surface area contributed by atoms with Crippen molar-refractivity contribution in [1.82, 2.24) is 5.32 Å². The highest BCUT2D eigenvalue weighted by molar-refractivity contribution is 6.34. The Morgan fingerprint density at radius 1 is 1.14 bits per heavy atom. The molecule has 0 aliphatic rings. The molecular formula is C16H15Cl2NO2. The fourth-order valence-electron chi connectivity index (χ4n) is 2.01. The number of nitrogens with one attached hydrogen (secondary N) is 1.